The summed E-state index contributed by atoms with van der Waals surface area (Å²) >= 11 is 0. The number of carboxylic acids is 1. The topological polar surface area (TPSA) is 136 Å². The summed E-state index contributed by atoms with van der Waals surface area (Å²) in [7, 11) is 0.299. The molecule has 1 fully saturated rings. The standard InChI is InChI=1S/C15H30BN3O5/c1-10(2)12(17)13(20)19(3)11-8-15(14(21)22,18-9-11)6-4-5-7-16(23)24/h10-12,18,23-24H,4-9,17H2,1-3H3,(H,21,22)/t11-,12?,15+/m1/s1. The highest BCUT2D eigenvalue weighted by Gasteiger charge is 2.46. The summed E-state index contributed by atoms with van der Waals surface area (Å²) in [5.74, 6) is -1.10. The van der Waals surface area contributed by atoms with Crippen LogP contribution < -0.4 is 11.1 Å². The zero-order valence-electron chi connectivity index (χ0n) is 14.7. The summed E-state index contributed by atoms with van der Waals surface area (Å²) in [4.78, 5) is 25.7. The fraction of sp³-hybridized carbons (Fsp3) is 0.867. The first-order valence-corrected chi connectivity index (χ1v) is 8.47. The second-order valence-corrected chi connectivity index (χ2v) is 7.07. The van der Waals surface area contributed by atoms with Crippen molar-refractivity contribution < 1.29 is 24.7 Å². The van der Waals surface area contributed by atoms with Gasteiger partial charge in [0.1, 0.15) is 5.54 Å². The molecule has 1 aliphatic heterocycles. The molecule has 0 aromatic rings. The van der Waals surface area contributed by atoms with E-state index in [0.29, 0.717) is 32.2 Å². The van der Waals surface area contributed by atoms with Crippen LogP contribution in [-0.2, 0) is 9.59 Å². The number of nitrogens with zero attached hydrogens (tertiary/aromatic N) is 1. The number of hydrogen-bond donors (Lipinski definition) is 5. The Bertz CT molecular complexity index is 449. The molecule has 8 nitrogen and oxygen atoms in total. The number of likely N-dealkylation sites (N-methyl/N-ethyl adjacent to an activating group) is 1. The van der Waals surface area contributed by atoms with E-state index in [1.807, 2.05) is 13.8 Å². The lowest BCUT2D eigenvalue weighted by molar-refractivity contribution is -0.145. The van der Waals surface area contributed by atoms with Crippen LogP contribution in [0.15, 0.2) is 0 Å². The van der Waals surface area contributed by atoms with Crippen LogP contribution in [-0.4, -0.2) is 70.3 Å². The fourth-order valence-electron chi connectivity index (χ4n) is 3.05. The number of nitrogens with one attached hydrogen (secondary N) is 1. The van der Waals surface area contributed by atoms with E-state index in [2.05, 4.69) is 5.32 Å². The monoisotopic (exact) mass is 343 g/mol. The third-order valence-corrected chi connectivity index (χ3v) is 4.88. The summed E-state index contributed by atoms with van der Waals surface area (Å²) in [6.07, 6.45) is 2.01. The molecule has 0 spiro atoms. The van der Waals surface area contributed by atoms with Crippen molar-refractivity contribution >= 4 is 19.0 Å². The lowest BCUT2D eigenvalue weighted by Gasteiger charge is -2.30. The van der Waals surface area contributed by atoms with Gasteiger partial charge in [-0.15, -0.1) is 0 Å². The molecule has 0 radical (unpaired) electrons. The molecule has 3 atom stereocenters. The van der Waals surface area contributed by atoms with Crippen molar-refractivity contribution in [3.8, 4) is 0 Å². The Morgan fingerprint density at radius 1 is 1.38 bits per heavy atom. The van der Waals surface area contributed by atoms with Crippen molar-refractivity contribution in [2.45, 2.75) is 63.5 Å². The highest BCUT2D eigenvalue weighted by atomic mass is 16.4. The lowest BCUT2D eigenvalue weighted by atomic mass is 9.81. The first-order valence-electron chi connectivity index (χ1n) is 8.47. The number of aliphatic carboxylic acids is 1. The molecule has 1 unspecified atom stereocenters. The van der Waals surface area contributed by atoms with Crippen LogP contribution in [0.25, 0.3) is 0 Å². The van der Waals surface area contributed by atoms with Gasteiger partial charge in [-0.25, -0.2) is 0 Å². The predicted molar refractivity (Wildman–Crippen MR) is 91.2 cm³/mol. The van der Waals surface area contributed by atoms with Crippen LogP contribution in [0.2, 0.25) is 6.32 Å². The van der Waals surface area contributed by atoms with Gasteiger partial charge in [-0.2, -0.15) is 0 Å². The van der Waals surface area contributed by atoms with Crippen LogP contribution in [0.5, 0.6) is 0 Å². The normalized spacial score (nSPS) is 24.9. The maximum absolute atomic E-state index is 12.4. The SMILES string of the molecule is CC(C)C(N)C(=O)N(C)[C@H]1CN[C@](CCCCB(O)O)(C(=O)O)C1. The van der Waals surface area contributed by atoms with Gasteiger partial charge in [0, 0.05) is 19.6 Å². The molecule has 1 aliphatic rings. The van der Waals surface area contributed by atoms with Crippen molar-refractivity contribution in [1.29, 1.82) is 0 Å². The Kier molecular flexibility index (Phi) is 7.66. The third kappa shape index (κ3) is 5.17. The maximum atomic E-state index is 12.4. The van der Waals surface area contributed by atoms with Gasteiger partial charge in [0.15, 0.2) is 0 Å². The largest absolute Gasteiger partial charge is 0.480 e. The maximum Gasteiger partial charge on any atom is 0.451 e. The van der Waals surface area contributed by atoms with Crippen LogP contribution in [0.3, 0.4) is 0 Å². The van der Waals surface area contributed by atoms with E-state index >= 15 is 0 Å². The first kappa shape index (κ1) is 20.9. The lowest BCUT2D eigenvalue weighted by Crippen LogP contribution is -2.49. The van der Waals surface area contributed by atoms with E-state index < -0.39 is 24.7 Å². The van der Waals surface area contributed by atoms with E-state index in [1.54, 1.807) is 11.9 Å². The zero-order valence-corrected chi connectivity index (χ0v) is 14.7. The molecule has 0 saturated carbocycles. The Morgan fingerprint density at radius 2 is 2.00 bits per heavy atom. The molecule has 9 heteroatoms. The zero-order chi connectivity index (χ0) is 18.5. The van der Waals surface area contributed by atoms with Gasteiger partial charge in [0.05, 0.1) is 6.04 Å². The van der Waals surface area contributed by atoms with Gasteiger partial charge in [-0.05, 0) is 25.1 Å². The second kappa shape index (κ2) is 8.80. The Hall–Kier alpha value is -1.16. The van der Waals surface area contributed by atoms with Gasteiger partial charge in [0.2, 0.25) is 5.91 Å². The summed E-state index contributed by atoms with van der Waals surface area (Å²) < 4.78 is 0. The highest BCUT2D eigenvalue weighted by molar-refractivity contribution is 6.40. The van der Waals surface area contributed by atoms with Gasteiger partial charge >= 0.3 is 13.1 Å². The number of carboxylic acid groups (broad SMARTS) is 1. The van der Waals surface area contributed by atoms with E-state index in [9.17, 15) is 14.7 Å². The smallest absolute Gasteiger partial charge is 0.451 e. The van der Waals surface area contributed by atoms with E-state index in [4.69, 9.17) is 15.8 Å². The number of amides is 1. The van der Waals surface area contributed by atoms with Crippen molar-refractivity contribution in [2.24, 2.45) is 11.7 Å². The quantitative estimate of drug-likeness (QED) is 0.275. The number of hydrogen-bond acceptors (Lipinski definition) is 6. The average molecular weight is 343 g/mol. The highest BCUT2D eigenvalue weighted by Crippen LogP contribution is 2.29. The molecule has 1 amide bonds. The Labute approximate surface area is 143 Å². The summed E-state index contributed by atoms with van der Waals surface area (Å²) in [6.45, 7) is 4.16. The molecule has 0 aromatic heterocycles. The molecular weight excluding hydrogens is 313 g/mol. The molecule has 0 bridgehead atoms. The van der Waals surface area contributed by atoms with Gasteiger partial charge < -0.3 is 25.8 Å². The number of nitrogens with two attached hydrogens (primary N) is 1. The van der Waals surface area contributed by atoms with Crippen LogP contribution in [0, 0.1) is 5.92 Å². The van der Waals surface area contributed by atoms with Gasteiger partial charge in [-0.1, -0.05) is 26.7 Å². The number of carbonyl (C=O) groups is 2. The van der Waals surface area contributed by atoms with Crippen LogP contribution in [0.1, 0.15) is 39.5 Å². The Morgan fingerprint density at radius 3 is 2.50 bits per heavy atom. The van der Waals surface area contributed by atoms with E-state index in [0.717, 1.165) is 0 Å². The molecule has 1 heterocycles. The van der Waals surface area contributed by atoms with Crippen molar-refractivity contribution in [3.63, 3.8) is 0 Å². The number of rotatable bonds is 9. The van der Waals surface area contributed by atoms with E-state index in [1.165, 1.54) is 0 Å². The second-order valence-electron chi connectivity index (χ2n) is 7.07. The van der Waals surface area contributed by atoms with Gasteiger partial charge in [-0.3, -0.25) is 14.9 Å². The summed E-state index contributed by atoms with van der Waals surface area (Å²) in [5, 5.41) is 30.4. The van der Waals surface area contributed by atoms with Crippen molar-refractivity contribution in [1.82, 2.24) is 10.2 Å². The minimum absolute atomic E-state index is 0.0171. The number of unbranched alkanes of at least 4 members (excludes halogenated alkanes) is 1. The predicted octanol–water partition coefficient (Wildman–Crippen LogP) is -0.743. The summed E-state index contributed by atoms with van der Waals surface area (Å²) in [6, 6.07) is -0.817. The minimum atomic E-state index is -1.36. The molecule has 1 saturated heterocycles. The molecule has 138 valence electrons. The third-order valence-electron chi connectivity index (χ3n) is 4.88. The van der Waals surface area contributed by atoms with E-state index in [-0.39, 0.29) is 24.2 Å². The Balaban J connectivity index is 2.66. The molecule has 6 N–H and O–H groups in total. The van der Waals surface area contributed by atoms with Crippen LogP contribution in [0.4, 0.5) is 0 Å². The fourth-order valence-corrected chi connectivity index (χ4v) is 3.05. The molecule has 0 aromatic carbocycles. The van der Waals surface area contributed by atoms with Crippen molar-refractivity contribution in [3.05, 3.63) is 0 Å². The van der Waals surface area contributed by atoms with Gasteiger partial charge in [0.25, 0.3) is 0 Å². The molecule has 24 heavy (non-hydrogen) atoms. The van der Waals surface area contributed by atoms with Crippen molar-refractivity contribution in [2.75, 3.05) is 13.6 Å². The average Bonchev–Trinajstić information content (AvgIpc) is 2.95. The van der Waals surface area contributed by atoms with Crippen LogP contribution >= 0.6 is 0 Å². The summed E-state index contributed by atoms with van der Waals surface area (Å²) in [5.41, 5.74) is 4.83. The molecular formula is C15H30BN3O5. The molecule has 0 aliphatic carbocycles. The number of carbonyl (C=O) groups excluding carboxylic acids is 1. The first-order chi connectivity index (χ1) is 11.1. The minimum Gasteiger partial charge on any atom is -0.480 e. The molecule has 1 rings (SSSR count).